The SMILES string of the molecule is CC(=O)[C@H](Cc1ccc(OCc2ccccn2)cc1)NC(C)C. The number of benzene rings is 1. The molecule has 23 heavy (non-hydrogen) atoms. The molecule has 1 aromatic carbocycles. The summed E-state index contributed by atoms with van der Waals surface area (Å²) in [4.78, 5) is 15.9. The van der Waals surface area contributed by atoms with Gasteiger partial charge in [0, 0.05) is 12.2 Å². The van der Waals surface area contributed by atoms with Crippen molar-refractivity contribution in [2.75, 3.05) is 0 Å². The zero-order valence-electron chi connectivity index (χ0n) is 14.0. The van der Waals surface area contributed by atoms with Crippen LogP contribution in [-0.4, -0.2) is 22.9 Å². The van der Waals surface area contributed by atoms with Crippen molar-refractivity contribution in [2.24, 2.45) is 0 Å². The van der Waals surface area contributed by atoms with Crippen molar-refractivity contribution in [3.8, 4) is 5.75 Å². The Morgan fingerprint density at radius 2 is 1.91 bits per heavy atom. The second-order valence-corrected chi connectivity index (χ2v) is 5.94. The highest BCUT2D eigenvalue weighted by Gasteiger charge is 2.15. The van der Waals surface area contributed by atoms with Crippen molar-refractivity contribution >= 4 is 5.78 Å². The predicted octanol–water partition coefficient (Wildman–Crippen LogP) is 3.16. The summed E-state index contributed by atoms with van der Waals surface area (Å²) < 4.78 is 5.72. The highest BCUT2D eigenvalue weighted by atomic mass is 16.5. The Morgan fingerprint density at radius 3 is 2.48 bits per heavy atom. The van der Waals surface area contributed by atoms with Gasteiger partial charge >= 0.3 is 0 Å². The molecule has 0 fully saturated rings. The van der Waals surface area contributed by atoms with E-state index in [0.717, 1.165) is 17.0 Å². The van der Waals surface area contributed by atoms with Crippen LogP contribution in [0.4, 0.5) is 0 Å². The van der Waals surface area contributed by atoms with Crippen molar-refractivity contribution < 1.29 is 9.53 Å². The van der Waals surface area contributed by atoms with Crippen LogP contribution >= 0.6 is 0 Å². The first-order valence-electron chi connectivity index (χ1n) is 7.92. The van der Waals surface area contributed by atoms with Crippen LogP contribution in [0.3, 0.4) is 0 Å². The quantitative estimate of drug-likeness (QED) is 0.813. The lowest BCUT2D eigenvalue weighted by molar-refractivity contribution is -0.119. The van der Waals surface area contributed by atoms with E-state index in [1.807, 2.05) is 56.3 Å². The van der Waals surface area contributed by atoms with Gasteiger partial charge in [0.15, 0.2) is 0 Å². The molecule has 0 aliphatic carbocycles. The molecule has 1 heterocycles. The van der Waals surface area contributed by atoms with Gasteiger partial charge in [-0.2, -0.15) is 0 Å². The van der Waals surface area contributed by atoms with E-state index < -0.39 is 0 Å². The Balaban J connectivity index is 1.92. The van der Waals surface area contributed by atoms with E-state index in [0.29, 0.717) is 13.0 Å². The van der Waals surface area contributed by atoms with E-state index in [4.69, 9.17) is 4.74 Å². The first-order valence-corrected chi connectivity index (χ1v) is 7.92. The highest BCUT2D eigenvalue weighted by molar-refractivity contribution is 5.81. The molecule has 0 saturated carbocycles. The van der Waals surface area contributed by atoms with Gasteiger partial charge in [-0.15, -0.1) is 0 Å². The van der Waals surface area contributed by atoms with Crippen molar-refractivity contribution in [1.29, 1.82) is 0 Å². The molecule has 0 saturated heterocycles. The maximum Gasteiger partial charge on any atom is 0.147 e. The van der Waals surface area contributed by atoms with Gasteiger partial charge < -0.3 is 10.1 Å². The number of pyridine rings is 1. The third kappa shape index (κ3) is 5.83. The smallest absolute Gasteiger partial charge is 0.147 e. The fourth-order valence-electron chi connectivity index (χ4n) is 2.32. The zero-order valence-corrected chi connectivity index (χ0v) is 14.0. The lowest BCUT2D eigenvalue weighted by Gasteiger charge is -2.18. The Hall–Kier alpha value is -2.20. The number of carbonyl (C=O) groups is 1. The molecule has 1 aromatic heterocycles. The van der Waals surface area contributed by atoms with Crippen LogP contribution in [0.1, 0.15) is 32.0 Å². The normalized spacial score (nSPS) is 12.2. The van der Waals surface area contributed by atoms with E-state index in [1.54, 1.807) is 13.1 Å². The minimum Gasteiger partial charge on any atom is -0.487 e. The van der Waals surface area contributed by atoms with Crippen molar-refractivity contribution in [3.05, 3.63) is 59.9 Å². The van der Waals surface area contributed by atoms with Crippen LogP contribution in [-0.2, 0) is 17.8 Å². The molecule has 0 bridgehead atoms. The van der Waals surface area contributed by atoms with Crippen LogP contribution in [0.2, 0.25) is 0 Å². The number of ether oxygens (including phenoxy) is 1. The first-order chi connectivity index (χ1) is 11.0. The van der Waals surface area contributed by atoms with Gasteiger partial charge in [0.1, 0.15) is 18.1 Å². The number of hydrogen-bond acceptors (Lipinski definition) is 4. The predicted molar refractivity (Wildman–Crippen MR) is 91.5 cm³/mol. The average Bonchev–Trinajstić information content (AvgIpc) is 2.54. The maximum absolute atomic E-state index is 11.7. The van der Waals surface area contributed by atoms with Gasteiger partial charge in [-0.1, -0.05) is 32.0 Å². The summed E-state index contributed by atoms with van der Waals surface area (Å²) in [6, 6.07) is 13.8. The zero-order chi connectivity index (χ0) is 16.7. The summed E-state index contributed by atoms with van der Waals surface area (Å²) in [6.07, 6.45) is 2.44. The van der Waals surface area contributed by atoms with E-state index in [-0.39, 0.29) is 17.9 Å². The minimum absolute atomic E-state index is 0.143. The summed E-state index contributed by atoms with van der Waals surface area (Å²) in [6.45, 7) is 6.17. The molecule has 2 rings (SSSR count). The number of nitrogens with one attached hydrogen (secondary N) is 1. The third-order valence-corrected chi connectivity index (χ3v) is 3.50. The first kappa shape index (κ1) is 17.2. The summed E-state index contributed by atoms with van der Waals surface area (Å²) in [5.74, 6) is 0.963. The Bertz CT molecular complexity index is 609. The van der Waals surface area contributed by atoms with Crippen molar-refractivity contribution in [2.45, 2.75) is 45.9 Å². The molecule has 4 heteroatoms. The third-order valence-electron chi connectivity index (χ3n) is 3.50. The molecule has 0 spiro atoms. The second-order valence-electron chi connectivity index (χ2n) is 5.94. The average molecular weight is 312 g/mol. The number of ketones is 1. The minimum atomic E-state index is -0.143. The monoisotopic (exact) mass is 312 g/mol. The van der Waals surface area contributed by atoms with E-state index in [2.05, 4.69) is 10.3 Å². The number of nitrogens with zero attached hydrogens (tertiary/aromatic N) is 1. The van der Waals surface area contributed by atoms with Crippen LogP contribution in [0.15, 0.2) is 48.7 Å². The van der Waals surface area contributed by atoms with E-state index in [9.17, 15) is 4.79 Å². The molecule has 0 amide bonds. The van der Waals surface area contributed by atoms with E-state index in [1.165, 1.54) is 0 Å². The molecule has 0 aliphatic heterocycles. The molecular formula is C19H24N2O2. The fourth-order valence-corrected chi connectivity index (χ4v) is 2.32. The van der Waals surface area contributed by atoms with Gasteiger partial charge in [0.25, 0.3) is 0 Å². The van der Waals surface area contributed by atoms with Crippen LogP contribution < -0.4 is 10.1 Å². The topological polar surface area (TPSA) is 51.2 Å². The molecule has 122 valence electrons. The molecule has 4 nitrogen and oxygen atoms in total. The molecule has 0 unspecified atom stereocenters. The Kier molecular flexibility index (Phi) is 6.29. The van der Waals surface area contributed by atoms with E-state index >= 15 is 0 Å². The van der Waals surface area contributed by atoms with Gasteiger partial charge in [0.05, 0.1) is 11.7 Å². The number of carbonyl (C=O) groups excluding carboxylic acids is 1. The van der Waals surface area contributed by atoms with Crippen molar-refractivity contribution in [1.82, 2.24) is 10.3 Å². The van der Waals surface area contributed by atoms with Gasteiger partial charge in [-0.05, 0) is 43.2 Å². The number of rotatable bonds is 8. The highest BCUT2D eigenvalue weighted by Crippen LogP contribution is 2.15. The molecule has 0 aliphatic rings. The molecule has 1 N–H and O–H groups in total. The largest absolute Gasteiger partial charge is 0.487 e. The van der Waals surface area contributed by atoms with Crippen molar-refractivity contribution in [3.63, 3.8) is 0 Å². The number of Topliss-reactive ketones (excluding diaryl/α,β-unsaturated/α-hetero) is 1. The number of hydrogen-bond donors (Lipinski definition) is 1. The van der Waals surface area contributed by atoms with Gasteiger partial charge in [0.2, 0.25) is 0 Å². The summed E-state index contributed by atoms with van der Waals surface area (Å²) in [7, 11) is 0. The Morgan fingerprint density at radius 1 is 1.17 bits per heavy atom. The lowest BCUT2D eigenvalue weighted by Crippen LogP contribution is -2.41. The standard InChI is InChI=1S/C19H24N2O2/c1-14(2)21-19(15(3)22)12-16-7-9-18(10-8-16)23-13-17-6-4-5-11-20-17/h4-11,14,19,21H,12-13H2,1-3H3/t19-/m0/s1. The lowest BCUT2D eigenvalue weighted by atomic mass is 10.0. The molecule has 0 radical (unpaired) electrons. The van der Waals surface area contributed by atoms with Gasteiger partial charge in [-0.25, -0.2) is 0 Å². The summed E-state index contributed by atoms with van der Waals surface area (Å²) >= 11 is 0. The molecule has 2 aromatic rings. The second kappa shape index (κ2) is 8.44. The Labute approximate surface area is 137 Å². The van der Waals surface area contributed by atoms with Gasteiger partial charge in [-0.3, -0.25) is 9.78 Å². The number of aromatic nitrogens is 1. The summed E-state index contributed by atoms with van der Waals surface area (Å²) in [5, 5.41) is 3.30. The molecule has 1 atom stereocenters. The maximum atomic E-state index is 11.7. The fraction of sp³-hybridized carbons (Fsp3) is 0.368. The summed E-state index contributed by atoms with van der Waals surface area (Å²) in [5.41, 5.74) is 2.01. The van der Waals surface area contributed by atoms with Crippen LogP contribution in [0, 0.1) is 0 Å². The van der Waals surface area contributed by atoms with Crippen LogP contribution in [0.25, 0.3) is 0 Å². The molecular weight excluding hydrogens is 288 g/mol. The van der Waals surface area contributed by atoms with Crippen LogP contribution in [0.5, 0.6) is 5.75 Å².